The van der Waals surface area contributed by atoms with Gasteiger partial charge in [-0.1, -0.05) is 18.2 Å². The average Bonchev–Trinajstić information content (AvgIpc) is 2.48. The summed E-state index contributed by atoms with van der Waals surface area (Å²) in [6.45, 7) is 0.178. The molecule has 20 heavy (non-hydrogen) atoms. The maximum absolute atomic E-state index is 13.6. The lowest BCUT2D eigenvalue weighted by Crippen LogP contribution is -2.27. The van der Waals surface area contributed by atoms with E-state index in [0.29, 0.717) is 11.4 Å². The smallest absolute Gasteiger partial charge is 0.274 e. The first kappa shape index (κ1) is 13.9. The molecule has 1 aromatic heterocycles. The fourth-order valence-corrected chi connectivity index (χ4v) is 1.74. The van der Waals surface area contributed by atoms with Crippen LogP contribution >= 0.6 is 0 Å². The second-order valence-electron chi connectivity index (χ2n) is 4.29. The minimum Gasteiger partial charge on any atom is -0.372 e. The van der Waals surface area contributed by atoms with Crippen molar-refractivity contribution in [2.24, 2.45) is 0 Å². The summed E-state index contributed by atoms with van der Waals surface area (Å²) < 4.78 is 13.6. The number of halogens is 1. The number of carbonyl (C=O) groups is 1. The first-order valence-electron chi connectivity index (χ1n) is 6.10. The molecule has 6 heteroatoms. The number of anilines is 1. The Bertz CT molecular complexity index is 618. The van der Waals surface area contributed by atoms with Crippen molar-refractivity contribution in [3.8, 4) is 0 Å². The number of amides is 1. The van der Waals surface area contributed by atoms with Crippen LogP contribution in [0.3, 0.4) is 0 Å². The maximum Gasteiger partial charge on any atom is 0.274 e. The molecule has 0 fully saturated rings. The Morgan fingerprint density at radius 1 is 1.35 bits per heavy atom. The van der Waals surface area contributed by atoms with E-state index in [-0.39, 0.29) is 24.0 Å². The number of benzene rings is 1. The molecule has 0 atom stereocenters. The minimum atomic E-state index is -0.331. The monoisotopic (exact) mass is 274 g/mol. The number of aromatic nitrogens is 2. The molecule has 2 aromatic rings. The van der Waals surface area contributed by atoms with Gasteiger partial charge in [-0.3, -0.25) is 9.78 Å². The number of nitrogens with zero attached hydrogens (tertiary/aromatic N) is 3. The predicted octanol–water partition coefficient (Wildman–Crippen LogP) is 1.93. The van der Waals surface area contributed by atoms with Gasteiger partial charge in [-0.2, -0.15) is 0 Å². The van der Waals surface area contributed by atoms with E-state index in [9.17, 15) is 9.18 Å². The van der Waals surface area contributed by atoms with Crippen molar-refractivity contribution in [1.29, 1.82) is 0 Å². The third-order valence-corrected chi connectivity index (χ3v) is 2.82. The van der Waals surface area contributed by atoms with Crippen molar-refractivity contribution in [2.45, 2.75) is 6.54 Å². The summed E-state index contributed by atoms with van der Waals surface area (Å²) in [4.78, 5) is 21.7. The zero-order valence-electron chi connectivity index (χ0n) is 11.3. The zero-order valence-corrected chi connectivity index (χ0v) is 11.3. The number of rotatable bonds is 4. The third kappa shape index (κ3) is 3.09. The van der Waals surface area contributed by atoms with Crippen LogP contribution in [0.25, 0.3) is 0 Å². The molecule has 0 aliphatic carbocycles. The van der Waals surface area contributed by atoms with E-state index in [0.717, 1.165) is 0 Å². The van der Waals surface area contributed by atoms with Gasteiger partial charge in [0, 0.05) is 26.2 Å². The molecular weight excluding hydrogens is 259 g/mol. The van der Waals surface area contributed by atoms with Gasteiger partial charge >= 0.3 is 0 Å². The average molecular weight is 274 g/mol. The van der Waals surface area contributed by atoms with Crippen LogP contribution < -0.4 is 5.32 Å². The maximum atomic E-state index is 13.6. The number of carbonyl (C=O) groups excluding carboxylic acids is 1. The fraction of sp³-hybridized carbons (Fsp3) is 0.214. The van der Waals surface area contributed by atoms with E-state index >= 15 is 0 Å². The first-order valence-corrected chi connectivity index (χ1v) is 6.10. The molecule has 1 aromatic carbocycles. The lowest BCUT2D eigenvalue weighted by Gasteiger charge is -2.17. The number of hydrogen-bond acceptors (Lipinski definition) is 4. The number of hydrogen-bond donors (Lipinski definition) is 1. The van der Waals surface area contributed by atoms with Gasteiger partial charge in [-0.15, -0.1) is 0 Å². The molecule has 0 bridgehead atoms. The number of nitrogens with one attached hydrogen (secondary N) is 1. The highest BCUT2D eigenvalue weighted by molar-refractivity contribution is 5.92. The Hall–Kier alpha value is -2.50. The van der Waals surface area contributed by atoms with E-state index in [2.05, 4.69) is 15.3 Å². The second kappa shape index (κ2) is 6.10. The first-order chi connectivity index (χ1) is 9.61. The molecule has 0 radical (unpaired) electrons. The molecule has 1 N–H and O–H groups in total. The Morgan fingerprint density at radius 2 is 2.10 bits per heavy atom. The third-order valence-electron chi connectivity index (χ3n) is 2.82. The van der Waals surface area contributed by atoms with E-state index in [4.69, 9.17) is 0 Å². The largest absolute Gasteiger partial charge is 0.372 e. The van der Waals surface area contributed by atoms with E-state index in [1.165, 1.54) is 23.4 Å². The molecule has 1 heterocycles. The Balaban J connectivity index is 2.14. The molecule has 0 saturated heterocycles. The van der Waals surface area contributed by atoms with Gasteiger partial charge in [0.05, 0.1) is 12.4 Å². The topological polar surface area (TPSA) is 58.1 Å². The summed E-state index contributed by atoms with van der Waals surface area (Å²) in [6.07, 6.45) is 2.91. The van der Waals surface area contributed by atoms with Crippen molar-refractivity contribution < 1.29 is 9.18 Å². The van der Waals surface area contributed by atoms with Crippen LogP contribution in [0.1, 0.15) is 16.1 Å². The standard InChI is InChI=1S/C14H15FN4O/c1-16-13-8-17-7-12(18-13)14(20)19(2)9-10-5-3-4-6-11(10)15/h3-8H,9H2,1-2H3,(H,16,18). The fourth-order valence-electron chi connectivity index (χ4n) is 1.74. The van der Waals surface area contributed by atoms with Crippen LogP contribution in [0.2, 0.25) is 0 Å². The van der Waals surface area contributed by atoms with Crippen LogP contribution in [0.15, 0.2) is 36.7 Å². The van der Waals surface area contributed by atoms with Crippen LogP contribution in [0.4, 0.5) is 10.2 Å². The van der Waals surface area contributed by atoms with Crippen molar-refractivity contribution in [3.05, 3.63) is 53.7 Å². The Morgan fingerprint density at radius 3 is 2.80 bits per heavy atom. The lowest BCUT2D eigenvalue weighted by atomic mass is 10.2. The van der Waals surface area contributed by atoms with E-state index in [1.54, 1.807) is 32.3 Å². The quantitative estimate of drug-likeness (QED) is 0.925. The summed E-state index contributed by atoms with van der Waals surface area (Å²) in [7, 11) is 3.30. The zero-order chi connectivity index (χ0) is 14.5. The second-order valence-corrected chi connectivity index (χ2v) is 4.29. The van der Waals surface area contributed by atoms with Crippen LogP contribution in [0.5, 0.6) is 0 Å². The highest BCUT2D eigenvalue weighted by atomic mass is 19.1. The van der Waals surface area contributed by atoms with Crippen molar-refractivity contribution in [3.63, 3.8) is 0 Å². The molecule has 2 rings (SSSR count). The summed E-state index contributed by atoms with van der Waals surface area (Å²) in [5, 5.41) is 2.82. The predicted molar refractivity (Wildman–Crippen MR) is 73.8 cm³/mol. The molecule has 1 amide bonds. The van der Waals surface area contributed by atoms with Crippen molar-refractivity contribution >= 4 is 11.7 Å². The van der Waals surface area contributed by atoms with Gasteiger partial charge in [0.25, 0.3) is 5.91 Å². The SMILES string of the molecule is CNc1cncc(C(=O)N(C)Cc2ccccc2F)n1. The highest BCUT2D eigenvalue weighted by Gasteiger charge is 2.15. The molecule has 0 unspecified atom stereocenters. The molecule has 0 aliphatic heterocycles. The summed E-state index contributed by atoms with van der Waals surface area (Å²) in [5.74, 6) is -0.129. The molecular formula is C14H15FN4O. The lowest BCUT2D eigenvalue weighted by molar-refractivity contribution is 0.0777. The van der Waals surface area contributed by atoms with Crippen LogP contribution in [-0.2, 0) is 6.54 Å². The normalized spacial score (nSPS) is 10.2. The Labute approximate surface area is 116 Å². The van der Waals surface area contributed by atoms with E-state index < -0.39 is 0 Å². The Kier molecular flexibility index (Phi) is 4.24. The highest BCUT2D eigenvalue weighted by Crippen LogP contribution is 2.11. The van der Waals surface area contributed by atoms with Gasteiger partial charge in [-0.25, -0.2) is 9.37 Å². The van der Waals surface area contributed by atoms with Gasteiger partial charge in [0.2, 0.25) is 0 Å². The van der Waals surface area contributed by atoms with Gasteiger partial charge < -0.3 is 10.2 Å². The van der Waals surface area contributed by atoms with Crippen LogP contribution in [0, 0.1) is 5.82 Å². The van der Waals surface area contributed by atoms with Crippen molar-refractivity contribution in [1.82, 2.24) is 14.9 Å². The van der Waals surface area contributed by atoms with Gasteiger partial charge in [0.15, 0.2) is 0 Å². The van der Waals surface area contributed by atoms with Crippen LogP contribution in [-0.4, -0.2) is 34.9 Å². The molecule has 0 saturated carbocycles. The van der Waals surface area contributed by atoms with Gasteiger partial charge in [-0.05, 0) is 6.07 Å². The minimum absolute atomic E-state index is 0.178. The van der Waals surface area contributed by atoms with Gasteiger partial charge in [0.1, 0.15) is 17.3 Å². The molecule has 0 spiro atoms. The summed E-state index contributed by atoms with van der Waals surface area (Å²) >= 11 is 0. The van der Waals surface area contributed by atoms with Crippen molar-refractivity contribution in [2.75, 3.05) is 19.4 Å². The summed E-state index contributed by atoms with van der Waals surface area (Å²) in [5.41, 5.74) is 0.678. The molecule has 0 aliphatic rings. The van der Waals surface area contributed by atoms with E-state index in [1.807, 2.05) is 0 Å². The molecule has 104 valence electrons. The molecule has 5 nitrogen and oxygen atoms in total. The summed E-state index contributed by atoms with van der Waals surface area (Å²) in [6, 6.07) is 6.37.